The predicted octanol–water partition coefficient (Wildman–Crippen LogP) is 2.53. The van der Waals surface area contributed by atoms with E-state index in [1.165, 1.54) is 25.7 Å². The lowest BCUT2D eigenvalue weighted by Gasteiger charge is -2.15. The summed E-state index contributed by atoms with van der Waals surface area (Å²) in [6, 6.07) is 0.473. The van der Waals surface area contributed by atoms with Crippen LogP contribution in [-0.2, 0) is 0 Å². The molecule has 0 N–H and O–H groups in total. The van der Waals surface area contributed by atoms with Crippen molar-refractivity contribution in [3.63, 3.8) is 0 Å². The van der Waals surface area contributed by atoms with E-state index in [0.29, 0.717) is 6.04 Å². The van der Waals surface area contributed by atoms with Gasteiger partial charge in [0.25, 0.3) is 12.6 Å². The van der Waals surface area contributed by atoms with Crippen molar-refractivity contribution < 1.29 is 0 Å². The van der Waals surface area contributed by atoms with Crippen LogP contribution in [0.4, 0.5) is 0 Å². The molecular weight excluding hydrogens is 110 g/mol. The maximum atomic E-state index is 5.17. The average molecular weight is 124 g/mol. The Morgan fingerprint density at radius 1 is 1.22 bits per heavy atom. The molecule has 1 aliphatic rings. The van der Waals surface area contributed by atoms with Crippen LogP contribution in [0, 0.1) is 12.5 Å². The zero-order valence-corrected chi connectivity index (χ0v) is 6.01. The van der Waals surface area contributed by atoms with Crippen molar-refractivity contribution >= 4 is 0 Å². The van der Waals surface area contributed by atoms with Crippen molar-refractivity contribution in [2.24, 2.45) is 5.92 Å². The molecule has 0 radical (unpaired) electrons. The first-order valence-electron chi connectivity index (χ1n) is 3.73. The molecule has 0 aromatic rings. The van der Waals surface area contributed by atoms with Crippen molar-refractivity contribution in [2.45, 2.75) is 38.6 Å². The second-order valence-corrected chi connectivity index (χ2v) is 3.06. The van der Waals surface area contributed by atoms with E-state index >= 15 is 0 Å². The first kappa shape index (κ1) is 6.61. The van der Waals surface area contributed by atoms with Crippen LogP contribution in [0.2, 0.25) is 0 Å². The average Bonchev–Trinajstić information content (AvgIpc) is 1.90. The van der Waals surface area contributed by atoms with Gasteiger partial charge in [0, 0.05) is 12.8 Å². The van der Waals surface area contributed by atoms with Crippen molar-refractivity contribution in [3.05, 3.63) is 4.85 Å². The molecular formula is C8H14N+. The lowest BCUT2D eigenvalue weighted by atomic mass is 9.88. The van der Waals surface area contributed by atoms with Crippen molar-refractivity contribution in [1.82, 2.24) is 0 Å². The summed E-state index contributed by atoms with van der Waals surface area (Å²) in [5, 5.41) is 0. The first-order valence-corrected chi connectivity index (χ1v) is 3.73. The van der Waals surface area contributed by atoms with E-state index in [1.807, 2.05) is 0 Å². The Labute approximate surface area is 56.9 Å². The highest BCUT2D eigenvalue weighted by Crippen LogP contribution is 2.25. The van der Waals surface area contributed by atoms with E-state index < -0.39 is 0 Å². The molecule has 0 aromatic heterocycles. The van der Waals surface area contributed by atoms with Gasteiger partial charge in [0.2, 0.25) is 0 Å². The highest BCUT2D eigenvalue weighted by molar-refractivity contribution is 4.86. The van der Waals surface area contributed by atoms with Gasteiger partial charge in [-0.2, -0.15) is 0 Å². The summed E-state index contributed by atoms with van der Waals surface area (Å²) < 4.78 is 0. The summed E-state index contributed by atoms with van der Waals surface area (Å²) >= 11 is 0. The van der Waals surface area contributed by atoms with E-state index in [4.69, 9.17) is 6.57 Å². The fourth-order valence-corrected chi connectivity index (χ4v) is 1.39. The summed E-state index contributed by atoms with van der Waals surface area (Å²) in [4.78, 5) is 3.78. The second-order valence-electron chi connectivity index (χ2n) is 3.06. The van der Waals surface area contributed by atoms with Gasteiger partial charge < -0.3 is 0 Å². The van der Waals surface area contributed by atoms with E-state index in [1.54, 1.807) is 0 Å². The third-order valence-corrected chi connectivity index (χ3v) is 2.20. The second kappa shape index (κ2) is 2.87. The molecule has 0 atom stereocenters. The van der Waals surface area contributed by atoms with E-state index in [0.717, 1.165) is 5.92 Å². The van der Waals surface area contributed by atoms with Crippen LogP contribution in [0.5, 0.6) is 0 Å². The fourth-order valence-electron chi connectivity index (χ4n) is 1.39. The summed E-state index contributed by atoms with van der Waals surface area (Å²) in [5.41, 5.74) is 0. The van der Waals surface area contributed by atoms with Gasteiger partial charge >= 0.3 is 0 Å². The molecule has 50 valence electrons. The van der Waals surface area contributed by atoms with Crippen LogP contribution in [0.25, 0.3) is 4.85 Å². The van der Waals surface area contributed by atoms with Gasteiger partial charge in [0.1, 0.15) is 0 Å². The normalized spacial score (nSPS) is 35.6. The molecule has 1 heteroatoms. The lowest BCUT2D eigenvalue weighted by molar-refractivity contribution is 0.372. The molecule has 0 spiro atoms. The summed E-state index contributed by atoms with van der Waals surface area (Å²) in [5.74, 6) is 0.906. The Bertz CT molecular complexity index is 115. The minimum Gasteiger partial charge on any atom is -0.0837 e. The molecule has 1 fully saturated rings. The Morgan fingerprint density at radius 3 is 2.22 bits per heavy atom. The van der Waals surface area contributed by atoms with Crippen molar-refractivity contribution in [3.8, 4) is 6.57 Å². The molecule has 9 heavy (non-hydrogen) atoms. The Balaban J connectivity index is 2.28. The molecule has 0 bridgehead atoms. The fraction of sp³-hybridized carbons (Fsp3) is 0.875. The molecule has 0 heterocycles. The van der Waals surface area contributed by atoms with Gasteiger partial charge in [0.05, 0.1) is 0 Å². The summed E-state index contributed by atoms with van der Waals surface area (Å²) in [6.07, 6.45) is 5.03. The van der Waals surface area contributed by atoms with Crippen LogP contribution in [-0.4, -0.2) is 6.04 Å². The highest BCUT2D eigenvalue weighted by Gasteiger charge is 2.23. The Morgan fingerprint density at radius 2 is 1.78 bits per heavy atom. The lowest BCUT2D eigenvalue weighted by Crippen LogP contribution is -2.13. The maximum Gasteiger partial charge on any atom is 0.272 e. The van der Waals surface area contributed by atoms with Crippen LogP contribution < -0.4 is 0 Å². The van der Waals surface area contributed by atoms with Gasteiger partial charge in [-0.15, -0.1) is 0 Å². The monoisotopic (exact) mass is 124 g/mol. The Hall–Kier alpha value is -0.510. The van der Waals surface area contributed by atoms with Crippen LogP contribution >= 0.6 is 0 Å². The SMILES string of the molecule is C#[N+]C1CCC(C)CC1. The molecule has 1 nitrogen and oxygen atoms in total. The molecule has 0 saturated heterocycles. The van der Waals surface area contributed by atoms with Gasteiger partial charge in [-0.25, -0.2) is 0 Å². The smallest absolute Gasteiger partial charge is 0.0837 e. The molecule has 1 saturated carbocycles. The summed E-state index contributed by atoms with van der Waals surface area (Å²) in [6.45, 7) is 7.47. The van der Waals surface area contributed by atoms with Gasteiger partial charge in [-0.1, -0.05) is 11.8 Å². The molecule has 1 rings (SSSR count). The van der Waals surface area contributed by atoms with Crippen molar-refractivity contribution in [2.75, 3.05) is 0 Å². The molecule has 0 aromatic carbocycles. The molecule has 1 aliphatic carbocycles. The van der Waals surface area contributed by atoms with Gasteiger partial charge in [0.15, 0.2) is 0 Å². The molecule has 0 aliphatic heterocycles. The zero-order chi connectivity index (χ0) is 6.69. The van der Waals surface area contributed by atoms with Crippen molar-refractivity contribution in [1.29, 1.82) is 0 Å². The van der Waals surface area contributed by atoms with Crippen LogP contribution in [0.1, 0.15) is 32.6 Å². The number of nitrogens with zero attached hydrogens (tertiary/aromatic N) is 1. The van der Waals surface area contributed by atoms with Crippen LogP contribution in [0.3, 0.4) is 0 Å². The highest BCUT2D eigenvalue weighted by atomic mass is 14.7. The van der Waals surface area contributed by atoms with Gasteiger partial charge in [-0.05, 0) is 18.8 Å². The predicted molar refractivity (Wildman–Crippen MR) is 39.7 cm³/mol. The number of rotatable bonds is 0. The standard InChI is InChI=1S/C8H14N/c1-7-3-5-8(9-2)6-4-7/h2,7-8H,3-6H2,1H3/q+1. The quantitative estimate of drug-likeness (QED) is 0.467. The number of hydrogen-bond acceptors (Lipinski definition) is 0. The van der Waals surface area contributed by atoms with Crippen LogP contribution in [0.15, 0.2) is 0 Å². The minimum atomic E-state index is 0.473. The maximum absolute atomic E-state index is 5.17. The van der Waals surface area contributed by atoms with E-state index in [9.17, 15) is 0 Å². The first-order chi connectivity index (χ1) is 4.33. The zero-order valence-electron chi connectivity index (χ0n) is 6.01. The molecule has 0 unspecified atom stereocenters. The third-order valence-electron chi connectivity index (χ3n) is 2.20. The largest absolute Gasteiger partial charge is 0.272 e. The molecule has 0 amide bonds. The topological polar surface area (TPSA) is 4.36 Å². The Kier molecular flexibility index (Phi) is 2.10. The van der Waals surface area contributed by atoms with Gasteiger partial charge in [-0.3, -0.25) is 0 Å². The van der Waals surface area contributed by atoms with E-state index in [-0.39, 0.29) is 0 Å². The summed E-state index contributed by atoms with van der Waals surface area (Å²) in [7, 11) is 0. The minimum absolute atomic E-state index is 0.473. The number of hydrogen-bond donors (Lipinski definition) is 0. The third kappa shape index (κ3) is 1.71. The van der Waals surface area contributed by atoms with E-state index in [2.05, 4.69) is 11.8 Å².